The van der Waals surface area contributed by atoms with Gasteiger partial charge in [0.25, 0.3) is 0 Å². The van der Waals surface area contributed by atoms with Crippen LogP contribution in [-0.2, 0) is 4.74 Å². The molecule has 0 radical (unpaired) electrons. The molecule has 4 aromatic rings. The zero-order valence-corrected chi connectivity index (χ0v) is 23.3. The largest absolute Gasteiger partial charge is 0.497 e. The average molecular weight is 545 g/mol. The third-order valence-corrected chi connectivity index (χ3v) is 7.90. The van der Waals surface area contributed by atoms with Crippen molar-refractivity contribution < 1.29 is 18.9 Å². The summed E-state index contributed by atoms with van der Waals surface area (Å²) in [6.07, 6.45) is 4.12. The number of hydrogen-bond acceptors (Lipinski definition) is 9. The number of rotatable bonds is 8. The summed E-state index contributed by atoms with van der Waals surface area (Å²) in [4.78, 5) is 9.58. The van der Waals surface area contributed by atoms with Crippen molar-refractivity contribution in [2.24, 2.45) is 0 Å². The van der Waals surface area contributed by atoms with E-state index < -0.39 is 0 Å². The van der Waals surface area contributed by atoms with Gasteiger partial charge in [-0.05, 0) is 55.3 Å². The lowest BCUT2D eigenvalue weighted by molar-refractivity contribution is 0.0115. The number of ether oxygens (including phenoxy) is 4. The molecule has 2 fully saturated rings. The van der Waals surface area contributed by atoms with Gasteiger partial charge in [0.1, 0.15) is 17.2 Å². The second kappa shape index (κ2) is 11.6. The fourth-order valence-corrected chi connectivity index (χ4v) is 5.71. The van der Waals surface area contributed by atoms with E-state index in [1.165, 1.54) is 0 Å². The Morgan fingerprint density at radius 3 is 2.40 bits per heavy atom. The normalized spacial score (nSPS) is 16.7. The van der Waals surface area contributed by atoms with Gasteiger partial charge >= 0.3 is 0 Å². The quantitative estimate of drug-likeness (QED) is 0.345. The number of fused-ring (bicyclic) bond motifs is 1. The van der Waals surface area contributed by atoms with E-state index >= 15 is 0 Å². The lowest BCUT2D eigenvalue weighted by atomic mass is 10.0. The highest BCUT2D eigenvalue weighted by Gasteiger charge is 2.26. The number of hydrogen-bond donors (Lipinski definition) is 1. The second-order valence-electron chi connectivity index (χ2n) is 10.1. The summed E-state index contributed by atoms with van der Waals surface area (Å²) >= 11 is 0. The molecule has 0 atom stereocenters. The number of methoxy groups -OCH3 is 3. The van der Waals surface area contributed by atoms with E-state index in [0.717, 1.165) is 97.6 Å². The van der Waals surface area contributed by atoms with E-state index in [1.54, 1.807) is 27.5 Å². The van der Waals surface area contributed by atoms with Crippen LogP contribution in [0.1, 0.15) is 12.8 Å². The summed E-state index contributed by atoms with van der Waals surface area (Å²) in [7, 11) is 5.00. The van der Waals surface area contributed by atoms with Crippen LogP contribution >= 0.6 is 0 Å². The molecule has 0 spiro atoms. The summed E-state index contributed by atoms with van der Waals surface area (Å²) in [5.41, 5.74) is 4.59. The van der Waals surface area contributed by atoms with Gasteiger partial charge in [0, 0.05) is 49.5 Å². The van der Waals surface area contributed by atoms with Gasteiger partial charge in [-0.2, -0.15) is 0 Å². The number of aromatic nitrogens is 3. The van der Waals surface area contributed by atoms with Gasteiger partial charge in [-0.15, -0.1) is 5.10 Å². The van der Waals surface area contributed by atoms with Gasteiger partial charge in [0.05, 0.1) is 57.6 Å². The first-order chi connectivity index (χ1) is 19.7. The Labute approximate surface area is 234 Å². The molecule has 2 aromatic heterocycles. The van der Waals surface area contributed by atoms with Gasteiger partial charge in [-0.1, -0.05) is 0 Å². The molecule has 10 heteroatoms. The molecule has 2 aliphatic rings. The van der Waals surface area contributed by atoms with E-state index in [9.17, 15) is 0 Å². The Balaban J connectivity index is 1.21. The summed E-state index contributed by atoms with van der Waals surface area (Å²) in [5, 5.41) is 8.15. The maximum absolute atomic E-state index is 5.78. The molecular weight excluding hydrogens is 508 g/mol. The van der Waals surface area contributed by atoms with E-state index in [0.29, 0.717) is 12.0 Å². The van der Waals surface area contributed by atoms with Gasteiger partial charge in [0.15, 0.2) is 0 Å². The summed E-state index contributed by atoms with van der Waals surface area (Å²) in [6, 6.07) is 16.6. The van der Waals surface area contributed by atoms with Crippen molar-refractivity contribution in [3.63, 3.8) is 0 Å². The molecular formula is C30H36N6O4. The Bertz CT molecular complexity index is 1460. The predicted molar refractivity (Wildman–Crippen MR) is 155 cm³/mol. The van der Waals surface area contributed by atoms with Crippen molar-refractivity contribution in [2.45, 2.75) is 18.9 Å². The zero-order valence-electron chi connectivity index (χ0n) is 23.3. The monoisotopic (exact) mass is 544 g/mol. The van der Waals surface area contributed by atoms with Crippen LogP contribution in [0.15, 0.2) is 54.7 Å². The van der Waals surface area contributed by atoms with Crippen LogP contribution < -0.4 is 24.4 Å². The minimum absolute atomic E-state index is 0.462. The van der Waals surface area contributed by atoms with Gasteiger partial charge in [0.2, 0.25) is 5.95 Å². The highest BCUT2D eigenvalue weighted by Crippen LogP contribution is 2.35. The number of morpholine rings is 1. The van der Waals surface area contributed by atoms with Crippen LogP contribution in [0.25, 0.3) is 16.8 Å². The first-order valence-electron chi connectivity index (χ1n) is 13.8. The number of anilines is 3. The van der Waals surface area contributed by atoms with Crippen molar-refractivity contribution >= 4 is 22.8 Å². The minimum atomic E-state index is 0.462. The fraction of sp³-hybridized carbons (Fsp3) is 0.400. The average Bonchev–Trinajstić information content (AvgIpc) is 3.44. The van der Waals surface area contributed by atoms with Crippen LogP contribution in [0.5, 0.6) is 17.2 Å². The highest BCUT2D eigenvalue weighted by atomic mass is 16.5. The summed E-state index contributed by atoms with van der Waals surface area (Å²) < 4.78 is 24.2. The Morgan fingerprint density at radius 1 is 0.850 bits per heavy atom. The fourth-order valence-electron chi connectivity index (χ4n) is 5.71. The molecule has 1 N–H and O–H groups in total. The van der Waals surface area contributed by atoms with Crippen molar-refractivity contribution in [1.82, 2.24) is 19.5 Å². The van der Waals surface area contributed by atoms with Crippen LogP contribution in [0.4, 0.5) is 17.3 Å². The predicted octanol–water partition coefficient (Wildman–Crippen LogP) is 4.47. The van der Waals surface area contributed by atoms with Gasteiger partial charge in [-0.25, -0.2) is 9.50 Å². The summed E-state index contributed by atoms with van der Waals surface area (Å²) in [5.74, 6) is 2.69. The first-order valence-corrected chi connectivity index (χ1v) is 13.8. The Kier molecular flexibility index (Phi) is 7.61. The number of piperidine rings is 1. The van der Waals surface area contributed by atoms with Crippen LogP contribution in [0.3, 0.4) is 0 Å². The summed E-state index contributed by atoms with van der Waals surface area (Å²) in [6.45, 7) is 5.85. The number of nitrogens with one attached hydrogen (secondary N) is 1. The van der Waals surface area contributed by atoms with Crippen molar-refractivity contribution in [3.05, 3.63) is 54.7 Å². The third kappa shape index (κ3) is 5.24. The first kappa shape index (κ1) is 26.2. The Morgan fingerprint density at radius 2 is 1.65 bits per heavy atom. The molecule has 0 bridgehead atoms. The number of nitrogens with zero attached hydrogens (tertiary/aromatic N) is 5. The molecule has 2 aliphatic heterocycles. The SMILES string of the molecule is COc1ccc(OC)c(-c2ccc3cnc(Nc4ccc(N5CCC(N6CCOCC6)CC5)cc4OC)nn23)c1. The standard InChI is InChI=1S/C30H36N6O4/c1-37-24-6-9-28(38-2)25(19-24)27-8-5-23-20-31-30(33-36(23)27)32-26-7-4-22(18-29(26)39-3)34-12-10-21(11-13-34)35-14-16-40-17-15-35/h4-9,18-21H,10-17H2,1-3H3,(H,32,33). The molecule has 10 nitrogen and oxygen atoms in total. The van der Waals surface area contributed by atoms with Crippen LogP contribution in [-0.4, -0.2) is 86.3 Å². The molecule has 40 heavy (non-hydrogen) atoms. The van der Waals surface area contributed by atoms with E-state index in [1.807, 2.05) is 40.9 Å². The molecule has 210 valence electrons. The smallest absolute Gasteiger partial charge is 0.245 e. The maximum Gasteiger partial charge on any atom is 0.245 e. The van der Waals surface area contributed by atoms with Crippen LogP contribution in [0, 0.1) is 0 Å². The third-order valence-electron chi connectivity index (χ3n) is 7.90. The Hall–Kier alpha value is -4.02. The maximum atomic E-state index is 5.78. The molecule has 2 aromatic carbocycles. The lowest BCUT2D eigenvalue weighted by Crippen LogP contribution is -2.49. The molecule has 4 heterocycles. The topological polar surface area (TPSA) is 85.6 Å². The van der Waals surface area contributed by atoms with Gasteiger partial charge < -0.3 is 29.2 Å². The second-order valence-corrected chi connectivity index (χ2v) is 10.1. The molecule has 0 saturated carbocycles. The van der Waals surface area contributed by atoms with Crippen molar-refractivity contribution in [3.8, 4) is 28.5 Å². The lowest BCUT2D eigenvalue weighted by Gasteiger charge is -2.40. The minimum Gasteiger partial charge on any atom is -0.497 e. The molecule has 2 saturated heterocycles. The van der Waals surface area contributed by atoms with Gasteiger partial charge in [-0.3, -0.25) is 4.90 Å². The van der Waals surface area contributed by atoms with Crippen molar-refractivity contribution in [2.75, 3.05) is 70.9 Å². The molecule has 0 unspecified atom stereocenters. The number of benzene rings is 2. The molecule has 0 amide bonds. The van der Waals surface area contributed by atoms with E-state index in [4.69, 9.17) is 24.0 Å². The van der Waals surface area contributed by atoms with Crippen molar-refractivity contribution in [1.29, 1.82) is 0 Å². The van der Waals surface area contributed by atoms with E-state index in [-0.39, 0.29) is 0 Å². The van der Waals surface area contributed by atoms with Crippen LogP contribution in [0.2, 0.25) is 0 Å². The highest BCUT2D eigenvalue weighted by molar-refractivity contribution is 5.74. The zero-order chi connectivity index (χ0) is 27.5. The van der Waals surface area contributed by atoms with E-state index in [2.05, 4.69) is 32.2 Å². The molecule has 6 rings (SSSR count). The molecule has 0 aliphatic carbocycles.